The number of thiazole rings is 1. The number of likely N-dealkylation sites (tertiary alicyclic amines) is 1. The van der Waals surface area contributed by atoms with E-state index in [0.29, 0.717) is 42.4 Å². The summed E-state index contributed by atoms with van der Waals surface area (Å²) < 4.78 is 6.26. The van der Waals surface area contributed by atoms with E-state index in [2.05, 4.69) is 15.6 Å². The van der Waals surface area contributed by atoms with Crippen LogP contribution >= 0.6 is 11.3 Å². The molecular formula is C20H22N4O4S. The first kappa shape index (κ1) is 19.4. The van der Waals surface area contributed by atoms with E-state index in [1.807, 2.05) is 13.0 Å². The van der Waals surface area contributed by atoms with Crippen molar-refractivity contribution in [3.8, 4) is 5.75 Å². The smallest absolute Gasteiger partial charge is 0.255 e. The Balaban J connectivity index is 1.44. The van der Waals surface area contributed by atoms with Crippen molar-refractivity contribution in [2.75, 3.05) is 25.0 Å². The number of hydrogen-bond acceptors (Lipinski definition) is 6. The average Bonchev–Trinajstić information content (AvgIpc) is 2.97. The Morgan fingerprint density at radius 3 is 2.97 bits per heavy atom. The second kappa shape index (κ2) is 7.82. The summed E-state index contributed by atoms with van der Waals surface area (Å²) in [5.74, 6) is -0.0211. The Morgan fingerprint density at radius 2 is 2.17 bits per heavy atom. The highest BCUT2D eigenvalue weighted by Crippen LogP contribution is 2.33. The molecule has 2 aliphatic heterocycles. The van der Waals surface area contributed by atoms with Crippen molar-refractivity contribution in [1.82, 2.24) is 15.2 Å². The van der Waals surface area contributed by atoms with Gasteiger partial charge in [0.1, 0.15) is 11.4 Å². The summed E-state index contributed by atoms with van der Waals surface area (Å²) in [5.41, 5.74) is -0.176. The van der Waals surface area contributed by atoms with Gasteiger partial charge in [-0.15, -0.1) is 11.3 Å². The Bertz CT molecular complexity index is 959. The number of aryl methyl sites for hydroxylation is 1. The molecule has 1 aromatic carbocycles. The molecule has 9 heteroatoms. The van der Waals surface area contributed by atoms with Gasteiger partial charge in [-0.1, -0.05) is 12.1 Å². The predicted octanol–water partition coefficient (Wildman–Crippen LogP) is 1.96. The fourth-order valence-corrected chi connectivity index (χ4v) is 4.30. The van der Waals surface area contributed by atoms with E-state index in [4.69, 9.17) is 4.74 Å². The first-order chi connectivity index (χ1) is 13.9. The van der Waals surface area contributed by atoms with E-state index in [1.165, 1.54) is 11.3 Å². The number of benzene rings is 1. The van der Waals surface area contributed by atoms with Crippen molar-refractivity contribution in [1.29, 1.82) is 0 Å². The van der Waals surface area contributed by atoms with Gasteiger partial charge in [-0.3, -0.25) is 14.4 Å². The lowest BCUT2D eigenvalue weighted by atomic mass is 9.94. The van der Waals surface area contributed by atoms with Crippen LogP contribution in [0, 0.1) is 6.92 Å². The maximum atomic E-state index is 12.6. The molecule has 2 aromatic rings. The normalized spacial score (nSPS) is 21.6. The number of hydrogen-bond donors (Lipinski definition) is 2. The molecule has 1 saturated heterocycles. The van der Waals surface area contributed by atoms with Crippen molar-refractivity contribution in [3.05, 3.63) is 40.9 Å². The van der Waals surface area contributed by atoms with E-state index < -0.39 is 5.60 Å². The number of nitrogens with one attached hydrogen (secondary N) is 2. The van der Waals surface area contributed by atoms with Crippen molar-refractivity contribution >= 4 is 34.2 Å². The molecule has 0 saturated carbocycles. The van der Waals surface area contributed by atoms with E-state index in [1.54, 1.807) is 29.3 Å². The Hall–Kier alpha value is -2.94. The summed E-state index contributed by atoms with van der Waals surface area (Å²) in [4.78, 5) is 44.0. The number of carbonyl (C=O) groups excluding carboxylic acids is 3. The molecule has 152 valence electrons. The zero-order valence-electron chi connectivity index (χ0n) is 16.1. The summed E-state index contributed by atoms with van der Waals surface area (Å²) in [6, 6.07) is 7.11. The van der Waals surface area contributed by atoms with Crippen LogP contribution in [-0.2, 0) is 9.59 Å². The molecule has 2 N–H and O–H groups in total. The highest BCUT2D eigenvalue weighted by molar-refractivity contribution is 7.15. The lowest BCUT2D eigenvalue weighted by molar-refractivity contribution is -0.134. The number of nitrogens with zero attached hydrogens (tertiary/aromatic N) is 2. The number of fused-ring (bicyclic) bond motifs is 1. The van der Waals surface area contributed by atoms with Gasteiger partial charge in [-0.05, 0) is 25.5 Å². The average molecular weight is 414 g/mol. The molecule has 8 nitrogen and oxygen atoms in total. The third-order valence-electron chi connectivity index (χ3n) is 5.22. The summed E-state index contributed by atoms with van der Waals surface area (Å²) in [5, 5.41) is 6.18. The van der Waals surface area contributed by atoms with E-state index in [0.717, 1.165) is 4.88 Å². The summed E-state index contributed by atoms with van der Waals surface area (Å²) >= 11 is 1.39. The fourth-order valence-electron chi connectivity index (χ4n) is 3.62. The minimum absolute atomic E-state index is 0.0313. The molecule has 1 fully saturated rings. The van der Waals surface area contributed by atoms with Crippen LogP contribution in [0.4, 0.5) is 5.13 Å². The molecular weight excluding hydrogens is 392 g/mol. The van der Waals surface area contributed by atoms with Crippen molar-refractivity contribution in [2.45, 2.75) is 31.8 Å². The van der Waals surface area contributed by atoms with Crippen LogP contribution in [0.5, 0.6) is 5.75 Å². The number of para-hydroxylation sites is 1. The molecule has 0 radical (unpaired) electrons. The SMILES string of the molecule is Cc1cnc(NC(=O)CN2CCC3(CCC2=O)CNC(=O)c2ccccc2O3)s1. The standard InChI is InChI=1S/C20H22N4O4S/c1-13-10-21-19(29-13)23-16(25)11-24-9-8-20(7-6-17(24)26)12-22-18(27)14-4-2-3-5-15(14)28-20/h2-5,10H,6-9,11-12H2,1H3,(H,22,27)(H,21,23,25). The number of anilines is 1. The van der Waals surface area contributed by atoms with Gasteiger partial charge < -0.3 is 20.3 Å². The molecule has 0 aliphatic carbocycles. The molecule has 3 heterocycles. The van der Waals surface area contributed by atoms with Gasteiger partial charge in [0.2, 0.25) is 11.8 Å². The van der Waals surface area contributed by atoms with Crippen LogP contribution in [0.2, 0.25) is 0 Å². The molecule has 1 aromatic heterocycles. The first-order valence-electron chi connectivity index (χ1n) is 9.50. The van der Waals surface area contributed by atoms with Crippen LogP contribution in [-0.4, -0.2) is 52.8 Å². The number of aromatic nitrogens is 1. The molecule has 0 bridgehead atoms. The number of ether oxygens (including phenoxy) is 1. The first-order valence-corrected chi connectivity index (χ1v) is 10.3. The number of amides is 3. The van der Waals surface area contributed by atoms with E-state index >= 15 is 0 Å². The highest BCUT2D eigenvalue weighted by atomic mass is 32.1. The Labute approximate surface area is 172 Å². The van der Waals surface area contributed by atoms with Gasteiger partial charge in [-0.25, -0.2) is 4.98 Å². The topological polar surface area (TPSA) is 101 Å². The summed E-state index contributed by atoms with van der Waals surface area (Å²) in [6.45, 7) is 2.58. The van der Waals surface area contributed by atoms with Gasteiger partial charge in [0.05, 0.1) is 18.7 Å². The van der Waals surface area contributed by atoms with Crippen molar-refractivity contribution in [2.24, 2.45) is 0 Å². The second-order valence-corrected chi connectivity index (χ2v) is 8.59. The predicted molar refractivity (Wildman–Crippen MR) is 108 cm³/mol. The molecule has 29 heavy (non-hydrogen) atoms. The van der Waals surface area contributed by atoms with Gasteiger partial charge in [-0.2, -0.15) is 0 Å². The van der Waals surface area contributed by atoms with E-state index in [9.17, 15) is 14.4 Å². The van der Waals surface area contributed by atoms with Gasteiger partial charge in [0, 0.05) is 30.5 Å². The molecule has 1 unspecified atom stereocenters. The maximum absolute atomic E-state index is 12.6. The van der Waals surface area contributed by atoms with E-state index in [-0.39, 0.29) is 30.7 Å². The highest BCUT2D eigenvalue weighted by Gasteiger charge is 2.40. The minimum Gasteiger partial charge on any atom is -0.485 e. The molecule has 4 rings (SSSR count). The number of carbonyl (C=O) groups is 3. The Kier molecular flexibility index (Phi) is 5.23. The third-order valence-corrected chi connectivity index (χ3v) is 6.04. The van der Waals surface area contributed by atoms with Crippen LogP contribution in [0.15, 0.2) is 30.5 Å². The lowest BCUT2D eigenvalue weighted by Gasteiger charge is -2.32. The minimum atomic E-state index is -0.671. The summed E-state index contributed by atoms with van der Waals surface area (Å²) in [7, 11) is 0. The molecule has 2 aliphatic rings. The monoisotopic (exact) mass is 414 g/mol. The van der Waals surface area contributed by atoms with Crippen molar-refractivity contribution in [3.63, 3.8) is 0 Å². The molecule has 3 amide bonds. The van der Waals surface area contributed by atoms with Gasteiger partial charge in [0.25, 0.3) is 5.91 Å². The second-order valence-electron chi connectivity index (χ2n) is 7.35. The zero-order valence-corrected chi connectivity index (χ0v) is 16.9. The fraction of sp³-hybridized carbons (Fsp3) is 0.400. The third kappa shape index (κ3) is 4.24. The Morgan fingerprint density at radius 1 is 1.34 bits per heavy atom. The van der Waals surface area contributed by atoms with Crippen LogP contribution < -0.4 is 15.4 Å². The zero-order chi connectivity index (χ0) is 20.4. The molecule has 1 atom stereocenters. The quantitative estimate of drug-likeness (QED) is 0.800. The largest absolute Gasteiger partial charge is 0.485 e. The maximum Gasteiger partial charge on any atom is 0.255 e. The van der Waals surface area contributed by atoms with Gasteiger partial charge >= 0.3 is 0 Å². The van der Waals surface area contributed by atoms with Crippen molar-refractivity contribution < 1.29 is 19.1 Å². The van der Waals surface area contributed by atoms with Crippen LogP contribution in [0.1, 0.15) is 34.5 Å². The van der Waals surface area contributed by atoms with Gasteiger partial charge in [0.15, 0.2) is 5.13 Å². The number of rotatable bonds is 3. The van der Waals surface area contributed by atoms with Crippen LogP contribution in [0.3, 0.4) is 0 Å². The lowest BCUT2D eigenvalue weighted by Crippen LogP contribution is -2.46. The molecule has 1 spiro atoms. The summed E-state index contributed by atoms with van der Waals surface area (Å²) in [6.07, 6.45) is 2.94. The van der Waals surface area contributed by atoms with Crippen LogP contribution in [0.25, 0.3) is 0 Å².